The maximum absolute atomic E-state index is 8.96. The van der Waals surface area contributed by atoms with Crippen molar-refractivity contribution in [2.45, 2.75) is 10.6 Å². The van der Waals surface area contributed by atoms with Crippen LogP contribution < -0.4 is 5.46 Å². The molecule has 2 N–H and O–H groups in total. The molecule has 4 nitrogen and oxygen atoms in total. The van der Waals surface area contributed by atoms with E-state index in [1.807, 2.05) is 31.6 Å². The van der Waals surface area contributed by atoms with Crippen LogP contribution in [0.4, 0.5) is 0 Å². The molecule has 0 atom stereocenters. The minimum atomic E-state index is -1.39. The minimum Gasteiger partial charge on any atom is -0.423 e. The first-order valence-corrected chi connectivity index (χ1v) is 6.20. The molecule has 1 aromatic carbocycles. The number of benzene rings is 1. The van der Waals surface area contributed by atoms with Crippen molar-refractivity contribution in [1.82, 2.24) is 9.78 Å². The third-order valence-corrected chi connectivity index (χ3v) is 3.39. The van der Waals surface area contributed by atoms with E-state index in [2.05, 4.69) is 5.10 Å². The molecule has 0 saturated heterocycles. The molecule has 0 unspecified atom stereocenters. The van der Waals surface area contributed by atoms with E-state index in [4.69, 9.17) is 10.0 Å². The van der Waals surface area contributed by atoms with E-state index >= 15 is 0 Å². The fraction of sp³-hybridized carbons (Fsp3) is 0.182. The normalized spacial score (nSPS) is 10.5. The van der Waals surface area contributed by atoms with Crippen molar-refractivity contribution in [2.24, 2.45) is 7.05 Å². The predicted octanol–water partition coefficient (Wildman–Crippen LogP) is 0.392. The van der Waals surface area contributed by atoms with Crippen LogP contribution in [0.3, 0.4) is 0 Å². The van der Waals surface area contributed by atoms with Crippen LogP contribution >= 0.6 is 11.8 Å². The van der Waals surface area contributed by atoms with Gasteiger partial charge in [0.1, 0.15) is 0 Å². The van der Waals surface area contributed by atoms with E-state index in [0.29, 0.717) is 5.46 Å². The van der Waals surface area contributed by atoms with Crippen LogP contribution in [0.2, 0.25) is 0 Å². The second kappa shape index (κ2) is 5.40. The molecule has 2 aromatic rings. The highest BCUT2D eigenvalue weighted by atomic mass is 32.2. The van der Waals surface area contributed by atoms with Crippen molar-refractivity contribution in [3.05, 3.63) is 42.2 Å². The summed E-state index contributed by atoms with van der Waals surface area (Å²) in [5, 5.41) is 22.0. The lowest BCUT2D eigenvalue weighted by atomic mass is 9.80. The predicted molar refractivity (Wildman–Crippen MR) is 69.0 cm³/mol. The molecule has 2 rings (SSSR count). The maximum Gasteiger partial charge on any atom is 0.488 e. The van der Waals surface area contributed by atoms with Crippen molar-refractivity contribution >= 4 is 24.3 Å². The first-order chi connectivity index (χ1) is 8.15. The SMILES string of the molecule is Cn1cc(SCc2ccc(B(O)O)cc2)cn1. The van der Waals surface area contributed by atoms with Gasteiger partial charge >= 0.3 is 7.12 Å². The number of hydrogen-bond acceptors (Lipinski definition) is 4. The number of rotatable bonds is 4. The van der Waals surface area contributed by atoms with E-state index in [9.17, 15) is 0 Å². The Bertz CT molecular complexity index is 484. The number of nitrogens with zero attached hydrogens (tertiary/aromatic N) is 2. The molecular weight excluding hydrogens is 235 g/mol. The molecule has 88 valence electrons. The van der Waals surface area contributed by atoms with Crippen molar-refractivity contribution in [1.29, 1.82) is 0 Å². The molecule has 6 heteroatoms. The second-order valence-electron chi connectivity index (χ2n) is 3.75. The van der Waals surface area contributed by atoms with Crippen LogP contribution in [-0.4, -0.2) is 26.9 Å². The van der Waals surface area contributed by atoms with Gasteiger partial charge in [-0.15, -0.1) is 11.8 Å². The minimum absolute atomic E-state index is 0.514. The Balaban J connectivity index is 1.95. The monoisotopic (exact) mass is 248 g/mol. The zero-order valence-corrected chi connectivity index (χ0v) is 10.3. The van der Waals surface area contributed by atoms with E-state index in [-0.39, 0.29) is 0 Å². The molecular formula is C11H13BN2O2S. The molecule has 1 heterocycles. The lowest BCUT2D eigenvalue weighted by Crippen LogP contribution is -2.29. The van der Waals surface area contributed by atoms with E-state index in [1.54, 1.807) is 28.6 Å². The summed E-state index contributed by atoms with van der Waals surface area (Å²) in [6.45, 7) is 0. The smallest absolute Gasteiger partial charge is 0.423 e. The van der Waals surface area contributed by atoms with Gasteiger partial charge in [0.05, 0.1) is 6.20 Å². The molecule has 0 aliphatic carbocycles. The van der Waals surface area contributed by atoms with Crippen molar-refractivity contribution in [3.63, 3.8) is 0 Å². The summed E-state index contributed by atoms with van der Waals surface area (Å²) < 4.78 is 1.77. The fourth-order valence-corrected chi connectivity index (χ4v) is 2.30. The lowest BCUT2D eigenvalue weighted by molar-refractivity contribution is 0.426. The number of aryl methyl sites for hydroxylation is 1. The Morgan fingerprint density at radius 1 is 1.29 bits per heavy atom. The van der Waals surface area contributed by atoms with Gasteiger partial charge in [0.2, 0.25) is 0 Å². The number of thioether (sulfide) groups is 1. The third-order valence-electron chi connectivity index (χ3n) is 2.36. The highest BCUT2D eigenvalue weighted by Gasteiger charge is 2.09. The summed E-state index contributed by atoms with van der Waals surface area (Å²) in [5.74, 6) is 0.841. The third kappa shape index (κ3) is 3.36. The van der Waals surface area contributed by atoms with E-state index in [0.717, 1.165) is 16.2 Å². The summed E-state index contributed by atoms with van der Waals surface area (Å²) in [4.78, 5) is 1.12. The highest BCUT2D eigenvalue weighted by Crippen LogP contribution is 2.21. The first-order valence-electron chi connectivity index (χ1n) is 5.21. The Labute approximate surface area is 104 Å². The fourth-order valence-electron chi connectivity index (χ4n) is 1.43. The summed E-state index contributed by atoms with van der Waals surface area (Å²) in [6.07, 6.45) is 3.80. The van der Waals surface area contributed by atoms with Crippen LogP contribution in [-0.2, 0) is 12.8 Å². The van der Waals surface area contributed by atoms with Crippen LogP contribution in [0.25, 0.3) is 0 Å². The Morgan fingerprint density at radius 3 is 2.53 bits per heavy atom. The molecule has 0 spiro atoms. The summed E-state index contributed by atoms with van der Waals surface area (Å²) in [7, 11) is 0.497. The Kier molecular flexibility index (Phi) is 3.88. The van der Waals surface area contributed by atoms with Crippen LogP contribution in [0.5, 0.6) is 0 Å². The molecule has 0 aliphatic heterocycles. The standard InChI is InChI=1S/C11H13BN2O2S/c1-14-7-11(6-13-14)17-8-9-2-4-10(5-3-9)12(15)16/h2-7,15-16H,8H2,1H3. The number of aromatic nitrogens is 2. The quantitative estimate of drug-likeness (QED) is 0.607. The van der Waals surface area contributed by atoms with Gasteiger partial charge in [-0.2, -0.15) is 5.10 Å². The Morgan fingerprint density at radius 2 is 2.00 bits per heavy atom. The summed E-state index contributed by atoms with van der Waals surface area (Å²) in [6, 6.07) is 7.25. The number of hydrogen-bond donors (Lipinski definition) is 2. The van der Waals surface area contributed by atoms with Crippen LogP contribution in [0.15, 0.2) is 41.6 Å². The largest absolute Gasteiger partial charge is 0.488 e. The average Bonchev–Trinajstić information content (AvgIpc) is 2.73. The van der Waals surface area contributed by atoms with Crippen molar-refractivity contribution in [2.75, 3.05) is 0 Å². The van der Waals surface area contributed by atoms with Crippen LogP contribution in [0.1, 0.15) is 5.56 Å². The van der Waals surface area contributed by atoms with Gasteiger partial charge in [0, 0.05) is 23.9 Å². The topological polar surface area (TPSA) is 58.3 Å². The Hall–Kier alpha value is -1.24. The molecule has 0 aliphatic rings. The van der Waals surface area contributed by atoms with Gasteiger partial charge in [0.15, 0.2) is 0 Å². The van der Waals surface area contributed by atoms with Gasteiger partial charge < -0.3 is 10.0 Å². The van der Waals surface area contributed by atoms with Crippen molar-refractivity contribution in [3.8, 4) is 0 Å². The maximum atomic E-state index is 8.96. The first kappa shape index (κ1) is 12.2. The average molecular weight is 248 g/mol. The molecule has 0 amide bonds. The van der Waals surface area contributed by atoms with Crippen LogP contribution in [0, 0.1) is 0 Å². The molecule has 17 heavy (non-hydrogen) atoms. The molecule has 1 aromatic heterocycles. The molecule has 0 bridgehead atoms. The van der Waals surface area contributed by atoms with E-state index < -0.39 is 7.12 Å². The van der Waals surface area contributed by atoms with E-state index in [1.165, 1.54) is 0 Å². The van der Waals surface area contributed by atoms with Gasteiger partial charge in [0.25, 0.3) is 0 Å². The molecule has 0 saturated carbocycles. The molecule has 0 radical (unpaired) electrons. The second-order valence-corrected chi connectivity index (χ2v) is 4.80. The highest BCUT2D eigenvalue weighted by molar-refractivity contribution is 7.98. The zero-order chi connectivity index (χ0) is 12.3. The van der Waals surface area contributed by atoms with Gasteiger partial charge in [-0.3, -0.25) is 4.68 Å². The summed E-state index contributed by atoms with van der Waals surface area (Å²) in [5.41, 5.74) is 1.66. The van der Waals surface area contributed by atoms with Crippen molar-refractivity contribution < 1.29 is 10.0 Å². The van der Waals surface area contributed by atoms with Gasteiger partial charge in [-0.05, 0) is 11.0 Å². The summed E-state index contributed by atoms with van der Waals surface area (Å²) >= 11 is 1.70. The van der Waals surface area contributed by atoms with Gasteiger partial charge in [-0.1, -0.05) is 24.3 Å². The zero-order valence-electron chi connectivity index (χ0n) is 9.45. The molecule has 0 fully saturated rings. The lowest BCUT2D eigenvalue weighted by Gasteiger charge is -2.02. The van der Waals surface area contributed by atoms with Gasteiger partial charge in [-0.25, -0.2) is 0 Å².